The lowest BCUT2D eigenvalue weighted by Crippen LogP contribution is -2.28. The Bertz CT molecular complexity index is 1270. The fraction of sp³-hybridized carbons (Fsp3) is 0.167. The molecule has 0 unspecified atom stereocenters. The van der Waals surface area contributed by atoms with Crippen LogP contribution >= 0.6 is 11.8 Å². The summed E-state index contributed by atoms with van der Waals surface area (Å²) in [6, 6.07) is 24.6. The number of H-pyrrole nitrogens is 1. The third-order valence-electron chi connectivity index (χ3n) is 5.33. The van der Waals surface area contributed by atoms with E-state index in [0.717, 1.165) is 22.7 Å². The molecule has 0 radical (unpaired) electrons. The number of fused-ring (bicyclic) bond motifs is 1. The van der Waals surface area contributed by atoms with E-state index in [-0.39, 0.29) is 17.7 Å². The highest BCUT2D eigenvalue weighted by atomic mass is 32.2. The summed E-state index contributed by atoms with van der Waals surface area (Å²) >= 11 is 1.32. The smallest absolute Gasteiger partial charge is 0.253 e. The van der Waals surface area contributed by atoms with Gasteiger partial charge in [0.05, 0.1) is 17.5 Å². The molecule has 31 heavy (non-hydrogen) atoms. The van der Waals surface area contributed by atoms with Gasteiger partial charge in [-0.25, -0.2) is 9.99 Å². The molecular weight excluding hydrogens is 406 g/mol. The molecule has 1 aliphatic heterocycles. The van der Waals surface area contributed by atoms with Gasteiger partial charge in [-0.3, -0.25) is 9.89 Å². The van der Waals surface area contributed by atoms with E-state index < -0.39 is 0 Å². The minimum absolute atomic E-state index is 0.0582. The zero-order valence-corrected chi connectivity index (χ0v) is 17.8. The Balaban J connectivity index is 1.44. The first-order valence-electron chi connectivity index (χ1n) is 10.1. The molecule has 0 saturated heterocycles. The Kier molecular flexibility index (Phi) is 5.26. The van der Waals surface area contributed by atoms with Gasteiger partial charge in [0, 0.05) is 6.42 Å². The Labute approximate surface area is 184 Å². The van der Waals surface area contributed by atoms with Gasteiger partial charge in [0.25, 0.3) is 5.91 Å². The Morgan fingerprint density at radius 2 is 1.84 bits per heavy atom. The van der Waals surface area contributed by atoms with Gasteiger partial charge in [-0.05, 0) is 34.9 Å². The van der Waals surface area contributed by atoms with Crippen molar-refractivity contribution in [2.75, 3.05) is 5.75 Å². The lowest BCUT2D eigenvalue weighted by atomic mass is 9.97. The SMILES string of the molecule is Cc1nc(SCC(=O)N2N=C(c3ccc4ccccc4c3)C[C@H]2c2ccccc2)n[nH]1. The molecule has 1 atom stereocenters. The average molecular weight is 428 g/mol. The van der Waals surface area contributed by atoms with Gasteiger partial charge in [-0.1, -0.05) is 78.5 Å². The number of aromatic nitrogens is 3. The fourth-order valence-corrected chi connectivity index (χ4v) is 4.49. The van der Waals surface area contributed by atoms with Crippen molar-refractivity contribution >= 4 is 34.2 Å². The van der Waals surface area contributed by atoms with Gasteiger partial charge in [0.2, 0.25) is 5.16 Å². The monoisotopic (exact) mass is 427 g/mol. The van der Waals surface area contributed by atoms with Crippen LogP contribution in [0.2, 0.25) is 0 Å². The molecule has 1 aromatic heterocycles. The molecule has 4 aromatic rings. The number of carbonyl (C=O) groups excluding carboxylic acids is 1. The molecule has 5 rings (SSSR count). The van der Waals surface area contributed by atoms with Crippen LogP contribution in [0.3, 0.4) is 0 Å². The van der Waals surface area contributed by atoms with E-state index in [9.17, 15) is 4.79 Å². The summed E-state index contributed by atoms with van der Waals surface area (Å²) in [4.78, 5) is 17.4. The highest BCUT2D eigenvalue weighted by Crippen LogP contribution is 2.34. The Morgan fingerprint density at radius 1 is 1.06 bits per heavy atom. The van der Waals surface area contributed by atoms with Crippen LogP contribution in [0, 0.1) is 6.92 Å². The number of hydrogen-bond acceptors (Lipinski definition) is 5. The summed E-state index contributed by atoms with van der Waals surface area (Å²) < 4.78 is 0. The lowest BCUT2D eigenvalue weighted by molar-refractivity contribution is -0.130. The third kappa shape index (κ3) is 4.09. The van der Waals surface area contributed by atoms with E-state index >= 15 is 0 Å². The van der Waals surface area contributed by atoms with E-state index in [4.69, 9.17) is 5.10 Å². The second-order valence-corrected chi connectivity index (χ2v) is 8.41. The van der Waals surface area contributed by atoms with E-state index in [1.807, 2.05) is 37.3 Å². The van der Waals surface area contributed by atoms with Gasteiger partial charge in [0.1, 0.15) is 5.82 Å². The van der Waals surface area contributed by atoms with Crippen molar-refractivity contribution in [2.45, 2.75) is 24.5 Å². The number of rotatable bonds is 5. The molecule has 0 bridgehead atoms. The number of amides is 1. The number of carbonyl (C=O) groups is 1. The van der Waals surface area contributed by atoms with Crippen molar-refractivity contribution in [1.29, 1.82) is 0 Å². The molecule has 0 fully saturated rings. The number of aryl methyl sites for hydroxylation is 1. The molecule has 0 aliphatic carbocycles. The Hall–Kier alpha value is -3.45. The van der Waals surface area contributed by atoms with Crippen LogP contribution in [0.15, 0.2) is 83.1 Å². The third-order valence-corrected chi connectivity index (χ3v) is 6.17. The van der Waals surface area contributed by atoms with Gasteiger partial charge < -0.3 is 0 Å². The second-order valence-electron chi connectivity index (χ2n) is 7.47. The maximum Gasteiger partial charge on any atom is 0.253 e. The highest BCUT2D eigenvalue weighted by Gasteiger charge is 2.33. The van der Waals surface area contributed by atoms with Crippen molar-refractivity contribution in [3.05, 3.63) is 89.7 Å². The van der Waals surface area contributed by atoms with Crippen LogP contribution in [-0.2, 0) is 4.79 Å². The molecule has 0 saturated carbocycles. The first-order valence-corrected chi connectivity index (χ1v) is 11.1. The first-order chi connectivity index (χ1) is 15.2. The molecule has 1 aliphatic rings. The van der Waals surface area contributed by atoms with E-state index in [0.29, 0.717) is 11.6 Å². The van der Waals surface area contributed by atoms with Crippen LogP contribution in [0.25, 0.3) is 10.8 Å². The summed E-state index contributed by atoms with van der Waals surface area (Å²) in [5.74, 6) is 0.904. The molecule has 6 nitrogen and oxygen atoms in total. The number of nitrogens with one attached hydrogen (secondary N) is 1. The lowest BCUT2D eigenvalue weighted by Gasteiger charge is -2.21. The number of hydrazone groups is 1. The van der Waals surface area contributed by atoms with Crippen LogP contribution in [-0.4, -0.2) is 37.6 Å². The van der Waals surface area contributed by atoms with Gasteiger partial charge in [-0.2, -0.15) is 5.10 Å². The largest absolute Gasteiger partial charge is 0.272 e. The average Bonchev–Trinajstić information content (AvgIpc) is 3.44. The molecule has 3 aromatic carbocycles. The normalized spacial score (nSPS) is 16.0. The van der Waals surface area contributed by atoms with E-state index in [1.54, 1.807) is 5.01 Å². The van der Waals surface area contributed by atoms with Crippen LogP contribution in [0.5, 0.6) is 0 Å². The molecule has 1 N–H and O–H groups in total. The maximum atomic E-state index is 13.1. The quantitative estimate of drug-likeness (QED) is 0.467. The Morgan fingerprint density at radius 3 is 2.61 bits per heavy atom. The van der Waals surface area contributed by atoms with Crippen molar-refractivity contribution in [2.24, 2.45) is 5.10 Å². The number of thioether (sulfide) groups is 1. The number of hydrogen-bond donors (Lipinski definition) is 1. The van der Waals surface area contributed by atoms with Gasteiger partial charge in [0.15, 0.2) is 0 Å². The molecular formula is C24H21N5OS. The van der Waals surface area contributed by atoms with Crippen molar-refractivity contribution in [3.8, 4) is 0 Å². The zero-order valence-electron chi connectivity index (χ0n) is 17.0. The summed E-state index contributed by atoms with van der Waals surface area (Å²) in [5.41, 5.74) is 3.05. The number of aromatic amines is 1. The standard InChI is InChI=1S/C24H21N5OS/c1-16-25-24(27-26-16)31-15-23(30)29-22(18-8-3-2-4-9-18)14-21(28-29)20-12-11-17-7-5-6-10-19(17)13-20/h2-13,22H,14-15H2,1H3,(H,25,26,27)/t22-/m0/s1. The van der Waals surface area contributed by atoms with Crippen molar-refractivity contribution < 1.29 is 4.79 Å². The minimum atomic E-state index is -0.121. The predicted octanol–water partition coefficient (Wildman–Crippen LogP) is 4.74. The topological polar surface area (TPSA) is 74.2 Å². The highest BCUT2D eigenvalue weighted by molar-refractivity contribution is 7.99. The fourth-order valence-electron chi connectivity index (χ4n) is 3.80. The first kappa shape index (κ1) is 19.5. The summed E-state index contributed by atoms with van der Waals surface area (Å²) in [6.07, 6.45) is 0.679. The molecule has 154 valence electrons. The van der Waals surface area contributed by atoms with Crippen LogP contribution < -0.4 is 0 Å². The molecule has 7 heteroatoms. The molecule has 1 amide bonds. The van der Waals surface area contributed by atoms with Crippen LogP contribution in [0.1, 0.15) is 29.4 Å². The van der Waals surface area contributed by atoms with Gasteiger partial charge in [-0.15, -0.1) is 5.10 Å². The number of nitrogens with zero attached hydrogens (tertiary/aromatic N) is 4. The molecule has 0 spiro atoms. The summed E-state index contributed by atoms with van der Waals surface area (Å²) in [6.45, 7) is 1.84. The van der Waals surface area contributed by atoms with Crippen LogP contribution in [0.4, 0.5) is 0 Å². The summed E-state index contributed by atoms with van der Waals surface area (Å²) in [7, 11) is 0. The maximum absolute atomic E-state index is 13.1. The predicted molar refractivity (Wildman–Crippen MR) is 123 cm³/mol. The number of benzene rings is 3. The van der Waals surface area contributed by atoms with Crippen molar-refractivity contribution in [3.63, 3.8) is 0 Å². The zero-order chi connectivity index (χ0) is 21.2. The summed E-state index contributed by atoms with van der Waals surface area (Å²) in [5, 5.41) is 16.2. The second kappa shape index (κ2) is 8.35. The van der Waals surface area contributed by atoms with E-state index in [1.165, 1.54) is 22.5 Å². The van der Waals surface area contributed by atoms with E-state index in [2.05, 4.69) is 57.6 Å². The minimum Gasteiger partial charge on any atom is -0.272 e. The molecule has 2 heterocycles. The van der Waals surface area contributed by atoms with Crippen molar-refractivity contribution in [1.82, 2.24) is 20.2 Å². The van der Waals surface area contributed by atoms with Gasteiger partial charge >= 0.3 is 0 Å².